The summed E-state index contributed by atoms with van der Waals surface area (Å²) in [5.41, 5.74) is -0.0604. The second-order valence-corrected chi connectivity index (χ2v) is 3.30. The van der Waals surface area contributed by atoms with Gasteiger partial charge in [0, 0.05) is 26.4 Å². The molecule has 0 spiro atoms. The molecule has 1 N–H and O–H groups in total. The van der Waals surface area contributed by atoms with Crippen LogP contribution in [0.15, 0.2) is 18.3 Å². The molecule has 7 heteroatoms. The number of rotatable bonds is 4. The van der Waals surface area contributed by atoms with Crippen LogP contribution in [0.2, 0.25) is 0 Å². The predicted molar refractivity (Wildman–Crippen MR) is 58.1 cm³/mol. The van der Waals surface area contributed by atoms with E-state index in [1.165, 1.54) is 23.2 Å². The van der Waals surface area contributed by atoms with Crippen molar-refractivity contribution >= 4 is 17.4 Å². The average Bonchev–Trinajstić information content (AvgIpc) is 2.26. The molecule has 16 heavy (non-hydrogen) atoms. The van der Waals surface area contributed by atoms with E-state index in [2.05, 4.69) is 10.3 Å². The van der Waals surface area contributed by atoms with Gasteiger partial charge in [0.25, 0.3) is 5.69 Å². The summed E-state index contributed by atoms with van der Waals surface area (Å²) in [4.78, 5) is 26.5. The first kappa shape index (κ1) is 11.9. The third-order valence-corrected chi connectivity index (χ3v) is 1.87. The molecule has 1 aromatic heterocycles. The van der Waals surface area contributed by atoms with Gasteiger partial charge in [0.05, 0.1) is 17.5 Å². The van der Waals surface area contributed by atoms with E-state index >= 15 is 0 Å². The Morgan fingerprint density at radius 2 is 2.31 bits per heavy atom. The summed E-state index contributed by atoms with van der Waals surface area (Å²) in [5, 5.41) is 13.2. The minimum absolute atomic E-state index is 0.0567. The highest BCUT2D eigenvalue weighted by Crippen LogP contribution is 2.13. The number of aromatic nitrogens is 1. The van der Waals surface area contributed by atoms with Crippen molar-refractivity contribution in [2.45, 2.75) is 0 Å². The fraction of sp³-hybridized carbons (Fsp3) is 0.333. The average molecular weight is 224 g/mol. The maximum absolute atomic E-state index is 11.2. The lowest BCUT2D eigenvalue weighted by Crippen LogP contribution is -2.28. The lowest BCUT2D eigenvalue weighted by molar-refractivity contribution is -0.384. The number of nitro groups is 1. The molecular weight excluding hydrogens is 212 g/mol. The summed E-state index contributed by atoms with van der Waals surface area (Å²) in [6.07, 6.45) is 1.32. The molecule has 1 amide bonds. The van der Waals surface area contributed by atoms with E-state index in [1.54, 1.807) is 14.1 Å². The lowest BCUT2D eigenvalue weighted by atomic mass is 10.4. The zero-order chi connectivity index (χ0) is 12.1. The minimum atomic E-state index is -0.513. The van der Waals surface area contributed by atoms with Crippen molar-refractivity contribution in [3.8, 4) is 0 Å². The highest BCUT2D eigenvalue weighted by Gasteiger charge is 2.08. The van der Waals surface area contributed by atoms with Gasteiger partial charge in [-0.2, -0.15) is 0 Å². The van der Waals surface area contributed by atoms with Crippen molar-refractivity contribution in [1.29, 1.82) is 0 Å². The van der Waals surface area contributed by atoms with Gasteiger partial charge in [-0.05, 0) is 0 Å². The van der Waals surface area contributed by atoms with Crippen LogP contribution in [0.5, 0.6) is 0 Å². The van der Waals surface area contributed by atoms with Crippen LogP contribution in [-0.2, 0) is 4.79 Å². The van der Waals surface area contributed by atoms with Crippen molar-refractivity contribution in [1.82, 2.24) is 9.88 Å². The number of hydrogen-bond donors (Lipinski definition) is 1. The summed E-state index contributed by atoms with van der Waals surface area (Å²) in [7, 11) is 3.26. The standard InChI is InChI=1S/C9H12N4O3/c1-12(2)9(14)6-11-8-5-7(13(15)16)3-4-10-8/h3-5H,6H2,1-2H3,(H,10,11). The Bertz CT molecular complexity index is 405. The first-order valence-electron chi connectivity index (χ1n) is 4.55. The van der Waals surface area contributed by atoms with Crippen LogP contribution in [0.4, 0.5) is 11.5 Å². The summed E-state index contributed by atoms with van der Waals surface area (Å²) < 4.78 is 0. The Balaban J connectivity index is 2.64. The number of likely N-dealkylation sites (N-methyl/N-ethyl adjacent to an activating group) is 1. The summed E-state index contributed by atoms with van der Waals surface area (Å²) >= 11 is 0. The quantitative estimate of drug-likeness (QED) is 0.594. The zero-order valence-electron chi connectivity index (χ0n) is 9.01. The SMILES string of the molecule is CN(C)C(=O)CNc1cc([N+](=O)[O-])ccn1. The number of hydrogen-bond acceptors (Lipinski definition) is 5. The molecule has 0 saturated carbocycles. The molecule has 0 bridgehead atoms. The van der Waals surface area contributed by atoms with Crippen LogP contribution in [0.1, 0.15) is 0 Å². The molecule has 0 aliphatic heterocycles. The molecule has 0 fully saturated rings. The monoisotopic (exact) mass is 224 g/mol. The molecule has 86 valence electrons. The van der Waals surface area contributed by atoms with E-state index in [9.17, 15) is 14.9 Å². The number of nitrogens with one attached hydrogen (secondary N) is 1. The largest absolute Gasteiger partial charge is 0.361 e. The normalized spacial score (nSPS) is 9.62. The fourth-order valence-corrected chi connectivity index (χ4v) is 0.954. The van der Waals surface area contributed by atoms with Gasteiger partial charge in [0.2, 0.25) is 5.91 Å². The van der Waals surface area contributed by atoms with Crippen LogP contribution in [0.25, 0.3) is 0 Å². The summed E-state index contributed by atoms with van der Waals surface area (Å²) in [6, 6.07) is 2.57. The van der Waals surface area contributed by atoms with Crippen LogP contribution >= 0.6 is 0 Å². The van der Waals surface area contributed by atoms with Crippen molar-refractivity contribution in [3.05, 3.63) is 28.4 Å². The Labute approximate surface area is 92.2 Å². The third kappa shape index (κ3) is 3.19. The van der Waals surface area contributed by atoms with Crippen molar-refractivity contribution in [3.63, 3.8) is 0 Å². The van der Waals surface area contributed by atoms with Gasteiger partial charge in [-0.3, -0.25) is 14.9 Å². The van der Waals surface area contributed by atoms with Gasteiger partial charge in [-0.1, -0.05) is 0 Å². The van der Waals surface area contributed by atoms with Gasteiger partial charge in [0.1, 0.15) is 5.82 Å². The van der Waals surface area contributed by atoms with E-state index < -0.39 is 4.92 Å². The molecule has 7 nitrogen and oxygen atoms in total. The Hall–Kier alpha value is -2.18. The summed E-state index contributed by atoms with van der Waals surface area (Å²) in [5.74, 6) is 0.178. The Kier molecular flexibility index (Phi) is 3.76. The van der Waals surface area contributed by atoms with E-state index in [1.807, 2.05) is 0 Å². The molecule has 1 aromatic rings. The highest BCUT2D eigenvalue weighted by molar-refractivity contribution is 5.80. The maximum Gasteiger partial charge on any atom is 0.274 e. The topological polar surface area (TPSA) is 88.4 Å². The van der Waals surface area contributed by atoms with Crippen molar-refractivity contribution in [2.75, 3.05) is 26.0 Å². The Morgan fingerprint density at radius 3 is 2.88 bits per heavy atom. The Morgan fingerprint density at radius 1 is 1.62 bits per heavy atom. The van der Waals surface area contributed by atoms with Crippen molar-refractivity contribution < 1.29 is 9.72 Å². The molecule has 0 atom stereocenters. The number of nitrogens with zero attached hydrogens (tertiary/aromatic N) is 3. The molecule has 0 aromatic carbocycles. The molecule has 1 rings (SSSR count). The molecular formula is C9H12N4O3. The van der Waals surface area contributed by atoms with E-state index in [0.717, 1.165) is 0 Å². The number of carbonyl (C=O) groups is 1. The molecule has 0 aliphatic rings. The predicted octanol–water partition coefficient (Wildman–Crippen LogP) is 0.490. The van der Waals surface area contributed by atoms with Crippen LogP contribution < -0.4 is 5.32 Å². The molecule has 0 unspecified atom stereocenters. The van der Waals surface area contributed by atoms with Gasteiger partial charge in [-0.15, -0.1) is 0 Å². The first-order chi connectivity index (χ1) is 7.50. The fourth-order valence-electron chi connectivity index (χ4n) is 0.954. The smallest absolute Gasteiger partial charge is 0.274 e. The van der Waals surface area contributed by atoms with Gasteiger partial charge >= 0.3 is 0 Å². The third-order valence-electron chi connectivity index (χ3n) is 1.87. The number of anilines is 1. The highest BCUT2D eigenvalue weighted by atomic mass is 16.6. The number of carbonyl (C=O) groups excluding carboxylic acids is 1. The zero-order valence-corrected chi connectivity index (χ0v) is 9.01. The van der Waals surface area contributed by atoms with Crippen molar-refractivity contribution in [2.24, 2.45) is 0 Å². The molecule has 0 saturated heterocycles. The second-order valence-electron chi connectivity index (χ2n) is 3.30. The van der Waals surface area contributed by atoms with E-state index in [4.69, 9.17) is 0 Å². The maximum atomic E-state index is 11.2. The van der Waals surface area contributed by atoms with Crippen LogP contribution in [-0.4, -0.2) is 41.4 Å². The van der Waals surface area contributed by atoms with E-state index in [-0.39, 0.29) is 18.1 Å². The van der Waals surface area contributed by atoms with Gasteiger partial charge < -0.3 is 10.2 Å². The second kappa shape index (κ2) is 5.06. The van der Waals surface area contributed by atoms with Crippen LogP contribution in [0, 0.1) is 10.1 Å². The van der Waals surface area contributed by atoms with Crippen LogP contribution in [0.3, 0.4) is 0 Å². The molecule has 1 heterocycles. The van der Waals surface area contributed by atoms with Gasteiger partial charge in [0.15, 0.2) is 0 Å². The first-order valence-corrected chi connectivity index (χ1v) is 4.55. The number of amides is 1. The minimum Gasteiger partial charge on any atom is -0.361 e. The summed E-state index contributed by atoms with van der Waals surface area (Å²) in [6.45, 7) is 0.0567. The lowest BCUT2D eigenvalue weighted by Gasteiger charge is -2.10. The number of pyridine rings is 1. The molecule has 0 radical (unpaired) electrons. The molecule has 0 aliphatic carbocycles. The van der Waals surface area contributed by atoms with E-state index in [0.29, 0.717) is 5.82 Å². The van der Waals surface area contributed by atoms with Gasteiger partial charge in [-0.25, -0.2) is 4.98 Å².